The molecule has 1 rings (SSSR count). The van der Waals surface area contributed by atoms with Crippen LogP contribution in [0.2, 0.25) is 0 Å². The van der Waals surface area contributed by atoms with Gasteiger partial charge in [0.1, 0.15) is 12.2 Å². The number of ether oxygens (including phenoxy) is 1. The molecule has 1 fully saturated rings. The van der Waals surface area contributed by atoms with Gasteiger partial charge in [0.05, 0.1) is 25.4 Å². The normalized spacial score (nSPS) is 45.8. The number of hydrogen-bond acceptors (Lipinski definition) is 5. The number of nitrogens with two attached hydrogens (primary N) is 1. The summed E-state index contributed by atoms with van der Waals surface area (Å²) in [5.74, 6) is 0. The highest BCUT2D eigenvalue weighted by Gasteiger charge is 2.35. The van der Waals surface area contributed by atoms with E-state index in [9.17, 15) is 10.2 Å². The molecule has 0 aromatic carbocycles. The molecule has 1 aliphatic heterocycles. The van der Waals surface area contributed by atoms with Crippen LogP contribution in [0.15, 0.2) is 0 Å². The second-order valence-electron chi connectivity index (χ2n) is 2.70. The molecule has 0 bridgehead atoms. The zero-order chi connectivity index (χ0) is 8.43. The van der Waals surface area contributed by atoms with Gasteiger partial charge < -0.3 is 25.8 Å². The Labute approximate surface area is 64.4 Å². The molecule has 0 saturated carbocycles. The van der Waals surface area contributed by atoms with Crippen molar-refractivity contribution in [2.75, 3.05) is 13.2 Å². The third-order valence-corrected chi connectivity index (χ3v) is 1.85. The Morgan fingerprint density at radius 3 is 2.55 bits per heavy atom. The maximum Gasteiger partial charge on any atom is 0.110 e. The number of rotatable bonds is 1. The summed E-state index contributed by atoms with van der Waals surface area (Å²) in [7, 11) is 0. The molecule has 0 spiro atoms. The summed E-state index contributed by atoms with van der Waals surface area (Å²) in [4.78, 5) is 0. The van der Waals surface area contributed by atoms with E-state index in [1.165, 1.54) is 0 Å². The minimum Gasteiger partial charge on any atom is -0.394 e. The van der Waals surface area contributed by atoms with E-state index in [4.69, 9.17) is 15.6 Å². The van der Waals surface area contributed by atoms with Gasteiger partial charge in [0.2, 0.25) is 0 Å². The third-order valence-electron chi connectivity index (χ3n) is 1.85. The van der Waals surface area contributed by atoms with Crippen LogP contribution in [0.5, 0.6) is 0 Å². The van der Waals surface area contributed by atoms with Crippen LogP contribution in [0, 0.1) is 0 Å². The predicted molar refractivity (Wildman–Crippen MR) is 36.8 cm³/mol. The van der Waals surface area contributed by atoms with Crippen LogP contribution in [0.3, 0.4) is 0 Å². The highest BCUT2D eigenvalue weighted by Crippen LogP contribution is 2.13. The Morgan fingerprint density at radius 1 is 1.36 bits per heavy atom. The summed E-state index contributed by atoms with van der Waals surface area (Å²) in [6, 6.07) is -0.562. The second-order valence-corrected chi connectivity index (χ2v) is 2.70. The average molecular weight is 163 g/mol. The van der Waals surface area contributed by atoms with Gasteiger partial charge in [0, 0.05) is 0 Å². The minimum atomic E-state index is -1.08. The molecule has 1 aliphatic rings. The van der Waals surface area contributed by atoms with E-state index in [0.29, 0.717) is 0 Å². The lowest BCUT2D eigenvalue weighted by atomic mass is 9.99. The largest absolute Gasteiger partial charge is 0.394 e. The summed E-state index contributed by atoms with van der Waals surface area (Å²) in [6.07, 6.45) is -2.78. The standard InChI is InChI=1S/C6H13NO4/c7-3-2-11-4(1-8)6(10)5(3)9/h3-6,8-10H,1-2,7H2/t3-,4?,5?,6-/m1/s1. The first kappa shape index (κ1) is 8.89. The molecule has 1 saturated heterocycles. The molecule has 2 unspecified atom stereocenters. The van der Waals surface area contributed by atoms with E-state index < -0.39 is 24.4 Å². The van der Waals surface area contributed by atoms with Crippen LogP contribution in [-0.2, 0) is 4.74 Å². The molecule has 4 atom stereocenters. The van der Waals surface area contributed by atoms with Crippen molar-refractivity contribution in [3.8, 4) is 0 Å². The number of aliphatic hydroxyl groups is 3. The predicted octanol–water partition coefficient (Wildman–Crippen LogP) is -2.57. The smallest absolute Gasteiger partial charge is 0.110 e. The van der Waals surface area contributed by atoms with E-state index >= 15 is 0 Å². The van der Waals surface area contributed by atoms with Crippen molar-refractivity contribution in [1.29, 1.82) is 0 Å². The molecule has 0 aromatic heterocycles. The molecular weight excluding hydrogens is 150 g/mol. The Bertz CT molecular complexity index is 130. The Hall–Kier alpha value is -0.200. The Kier molecular flexibility index (Phi) is 2.80. The molecule has 0 aliphatic carbocycles. The fourth-order valence-electron chi connectivity index (χ4n) is 1.07. The molecule has 0 radical (unpaired) electrons. The van der Waals surface area contributed by atoms with E-state index in [-0.39, 0.29) is 13.2 Å². The van der Waals surface area contributed by atoms with Gasteiger partial charge >= 0.3 is 0 Å². The Balaban J connectivity index is 2.52. The second kappa shape index (κ2) is 3.46. The Morgan fingerprint density at radius 2 is 2.00 bits per heavy atom. The number of aliphatic hydroxyl groups excluding tert-OH is 3. The molecule has 1 heterocycles. The fourth-order valence-corrected chi connectivity index (χ4v) is 1.07. The van der Waals surface area contributed by atoms with Crippen molar-refractivity contribution in [2.24, 2.45) is 5.73 Å². The maximum absolute atomic E-state index is 9.19. The summed E-state index contributed by atoms with van der Waals surface area (Å²) in [5.41, 5.74) is 5.37. The van der Waals surface area contributed by atoms with E-state index in [2.05, 4.69) is 0 Å². The van der Waals surface area contributed by atoms with Gasteiger partial charge in [0.25, 0.3) is 0 Å². The van der Waals surface area contributed by atoms with Gasteiger partial charge in [-0.2, -0.15) is 0 Å². The van der Waals surface area contributed by atoms with Crippen LogP contribution in [0.25, 0.3) is 0 Å². The van der Waals surface area contributed by atoms with E-state index in [1.54, 1.807) is 0 Å². The molecule has 0 aromatic rings. The zero-order valence-corrected chi connectivity index (χ0v) is 6.05. The summed E-state index contributed by atoms with van der Waals surface area (Å²) in [5, 5.41) is 27.0. The van der Waals surface area contributed by atoms with Crippen LogP contribution in [0.1, 0.15) is 0 Å². The van der Waals surface area contributed by atoms with Gasteiger partial charge in [0.15, 0.2) is 0 Å². The molecule has 0 amide bonds. The van der Waals surface area contributed by atoms with Crippen molar-refractivity contribution in [1.82, 2.24) is 0 Å². The summed E-state index contributed by atoms with van der Waals surface area (Å²) in [6.45, 7) is -0.131. The van der Waals surface area contributed by atoms with Gasteiger partial charge in [-0.05, 0) is 0 Å². The highest BCUT2D eigenvalue weighted by molar-refractivity contribution is 4.88. The van der Waals surface area contributed by atoms with Crippen LogP contribution in [-0.4, -0.2) is 52.9 Å². The molecule has 5 nitrogen and oxygen atoms in total. The van der Waals surface area contributed by atoms with Crippen molar-refractivity contribution in [2.45, 2.75) is 24.4 Å². The van der Waals surface area contributed by atoms with E-state index in [1.807, 2.05) is 0 Å². The van der Waals surface area contributed by atoms with Gasteiger partial charge in [-0.25, -0.2) is 0 Å². The first-order valence-corrected chi connectivity index (χ1v) is 3.51. The van der Waals surface area contributed by atoms with E-state index in [0.717, 1.165) is 0 Å². The monoisotopic (exact) mass is 163 g/mol. The lowest BCUT2D eigenvalue weighted by molar-refractivity contribution is -0.156. The van der Waals surface area contributed by atoms with Gasteiger partial charge in [-0.15, -0.1) is 0 Å². The molecule has 66 valence electrons. The first-order chi connectivity index (χ1) is 5.16. The van der Waals surface area contributed by atoms with Crippen molar-refractivity contribution >= 4 is 0 Å². The number of hydrogen-bond donors (Lipinski definition) is 4. The summed E-state index contributed by atoms with van der Waals surface area (Å²) < 4.78 is 4.94. The lowest BCUT2D eigenvalue weighted by Crippen LogP contribution is -2.57. The SMILES string of the molecule is N[C@@H]1COC(CO)[C@@H](O)C1O. The topological polar surface area (TPSA) is 95.9 Å². The lowest BCUT2D eigenvalue weighted by Gasteiger charge is -2.34. The maximum atomic E-state index is 9.19. The molecule has 11 heavy (non-hydrogen) atoms. The molecular formula is C6H13NO4. The van der Waals surface area contributed by atoms with Crippen molar-refractivity contribution < 1.29 is 20.1 Å². The zero-order valence-electron chi connectivity index (χ0n) is 6.05. The molecule has 5 heteroatoms. The average Bonchev–Trinajstić information content (AvgIpc) is 2.01. The summed E-state index contributed by atoms with van der Waals surface area (Å²) >= 11 is 0. The molecule has 5 N–H and O–H groups in total. The van der Waals surface area contributed by atoms with Crippen molar-refractivity contribution in [3.63, 3.8) is 0 Å². The first-order valence-electron chi connectivity index (χ1n) is 3.51. The van der Waals surface area contributed by atoms with Gasteiger partial charge in [-0.1, -0.05) is 0 Å². The quantitative estimate of drug-likeness (QED) is 0.340. The third kappa shape index (κ3) is 1.69. The van der Waals surface area contributed by atoms with Crippen molar-refractivity contribution in [3.05, 3.63) is 0 Å². The van der Waals surface area contributed by atoms with Crippen LogP contribution < -0.4 is 5.73 Å². The highest BCUT2D eigenvalue weighted by atomic mass is 16.5. The van der Waals surface area contributed by atoms with Crippen LogP contribution in [0.4, 0.5) is 0 Å². The van der Waals surface area contributed by atoms with Crippen LogP contribution >= 0.6 is 0 Å². The van der Waals surface area contributed by atoms with Gasteiger partial charge in [-0.3, -0.25) is 0 Å². The fraction of sp³-hybridized carbons (Fsp3) is 1.00. The minimum absolute atomic E-state index is 0.170.